The first-order valence-electron chi connectivity index (χ1n) is 2.77. The van der Waals surface area contributed by atoms with Gasteiger partial charge in [-0.05, 0) is 20.3 Å². The van der Waals surface area contributed by atoms with Crippen molar-refractivity contribution in [3.63, 3.8) is 0 Å². The molecule has 1 atom stereocenters. The van der Waals surface area contributed by atoms with Gasteiger partial charge >= 0.3 is 0 Å². The Morgan fingerprint density at radius 3 is 1.88 bits per heavy atom. The molecule has 2 nitrogen and oxygen atoms in total. The summed E-state index contributed by atoms with van der Waals surface area (Å²) >= 11 is 0. The molecule has 0 aromatic heterocycles. The zero-order chi connectivity index (χ0) is 6.99. The summed E-state index contributed by atoms with van der Waals surface area (Å²) in [4.78, 5) is 0. The highest BCUT2D eigenvalue weighted by atomic mass is 14.6. The van der Waals surface area contributed by atoms with Crippen molar-refractivity contribution in [3.8, 4) is 0 Å². The SMILES string of the molecule is CC[CH]N.[CH2]C(C)N. The fraction of sp³-hybridized carbons (Fsp3) is 0.667. The quantitative estimate of drug-likeness (QED) is 0.529. The number of hydrogen-bond acceptors (Lipinski definition) is 2. The van der Waals surface area contributed by atoms with Gasteiger partial charge in [0.1, 0.15) is 0 Å². The summed E-state index contributed by atoms with van der Waals surface area (Å²) < 4.78 is 0. The first-order chi connectivity index (χ1) is 3.65. The Hall–Kier alpha value is -0.0800. The van der Waals surface area contributed by atoms with Gasteiger partial charge in [0, 0.05) is 12.6 Å². The largest absolute Gasteiger partial charge is 0.328 e. The monoisotopic (exact) mass is 116 g/mol. The lowest BCUT2D eigenvalue weighted by atomic mass is 10.5. The lowest BCUT2D eigenvalue weighted by Gasteiger charge is -1.81. The molecule has 2 radical (unpaired) electrons. The van der Waals surface area contributed by atoms with Crippen LogP contribution in [0.15, 0.2) is 0 Å². The standard InChI is InChI=1S/2C3H8N/c1-3(2)4;1-2-3-4/h3H,1,4H2,2H3;3H,2,4H2,1H3. The van der Waals surface area contributed by atoms with Crippen molar-refractivity contribution in [1.82, 2.24) is 0 Å². The van der Waals surface area contributed by atoms with Crippen LogP contribution < -0.4 is 11.5 Å². The van der Waals surface area contributed by atoms with E-state index >= 15 is 0 Å². The van der Waals surface area contributed by atoms with E-state index in [1.807, 2.05) is 13.8 Å². The fourth-order valence-corrected chi connectivity index (χ4v) is 0. The minimum atomic E-state index is 0.0833. The van der Waals surface area contributed by atoms with Gasteiger partial charge in [-0.2, -0.15) is 0 Å². The molecule has 50 valence electrons. The van der Waals surface area contributed by atoms with Gasteiger partial charge in [0.15, 0.2) is 0 Å². The Labute approximate surface area is 52.2 Å². The van der Waals surface area contributed by atoms with Gasteiger partial charge in [0.05, 0.1) is 0 Å². The van der Waals surface area contributed by atoms with Crippen LogP contribution in [0.25, 0.3) is 0 Å². The third-order valence-electron chi connectivity index (χ3n) is 0.236. The first-order valence-corrected chi connectivity index (χ1v) is 2.77. The Kier molecular flexibility index (Phi) is 13.6. The molecule has 0 aliphatic rings. The van der Waals surface area contributed by atoms with Crippen molar-refractivity contribution in [2.75, 3.05) is 0 Å². The molecule has 0 heterocycles. The molecule has 0 fully saturated rings. The third-order valence-corrected chi connectivity index (χ3v) is 0.236. The molecular formula is C6H16N2. The van der Waals surface area contributed by atoms with Crippen molar-refractivity contribution < 1.29 is 0 Å². The molecule has 0 amide bonds. The van der Waals surface area contributed by atoms with Gasteiger partial charge in [-0.15, -0.1) is 0 Å². The fourth-order valence-electron chi connectivity index (χ4n) is 0. The van der Waals surface area contributed by atoms with Crippen molar-refractivity contribution in [3.05, 3.63) is 13.5 Å². The number of nitrogens with two attached hydrogens (primary N) is 2. The van der Waals surface area contributed by atoms with E-state index in [1.165, 1.54) is 0 Å². The molecule has 1 unspecified atom stereocenters. The van der Waals surface area contributed by atoms with E-state index in [-0.39, 0.29) is 6.04 Å². The molecule has 0 aromatic carbocycles. The third kappa shape index (κ3) is 169. The van der Waals surface area contributed by atoms with Crippen LogP contribution in [0.2, 0.25) is 0 Å². The summed E-state index contributed by atoms with van der Waals surface area (Å²) in [6.07, 6.45) is 0.972. The molecule has 8 heavy (non-hydrogen) atoms. The average molecular weight is 116 g/mol. The van der Waals surface area contributed by atoms with Crippen molar-refractivity contribution in [1.29, 1.82) is 0 Å². The second-order valence-electron chi connectivity index (χ2n) is 1.62. The van der Waals surface area contributed by atoms with E-state index < -0.39 is 0 Å². The maximum atomic E-state index is 5.00. The summed E-state index contributed by atoms with van der Waals surface area (Å²) in [6, 6.07) is 0.0833. The Balaban J connectivity index is 0. The number of rotatable bonds is 1. The van der Waals surface area contributed by atoms with E-state index in [9.17, 15) is 0 Å². The molecule has 0 bridgehead atoms. The van der Waals surface area contributed by atoms with Crippen LogP contribution in [0, 0.1) is 13.5 Å². The lowest BCUT2D eigenvalue weighted by Crippen LogP contribution is -2.07. The second kappa shape index (κ2) is 10.0. The highest BCUT2D eigenvalue weighted by Gasteiger charge is 1.67. The van der Waals surface area contributed by atoms with E-state index in [2.05, 4.69) is 6.92 Å². The first kappa shape index (κ1) is 10.8. The summed E-state index contributed by atoms with van der Waals surface area (Å²) in [6.45, 7) is 8.88. The zero-order valence-electron chi connectivity index (χ0n) is 5.72. The lowest BCUT2D eigenvalue weighted by molar-refractivity contribution is 0.923. The minimum Gasteiger partial charge on any atom is -0.328 e. The molecule has 0 rings (SSSR count). The predicted molar refractivity (Wildman–Crippen MR) is 37.8 cm³/mol. The molecule has 0 saturated heterocycles. The van der Waals surface area contributed by atoms with Gasteiger partial charge < -0.3 is 11.5 Å². The molecule has 0 aliphatic heterocycles. The van der Waals surface area contributed by atoms with Gasteiger partial charge in [0.2, 0.25) is 0 Å². The molecule has 0 saturated carbocycles. The van der Waals surface area contributed by atoms with Crippen LogP contribution in [0.5, 0.6) is 0 Å². The summed E-state index contributed by atoms with van der Waals surface area (Å²) in [5.74, 6) is 0. The van der Waals surface area contributed by atoms with Crippen molar-refractivity contribution in [2.24, 2.45) is 11.5 Å². The summed E-state index contributed by atoms with van der Waals surface area (Å²) in [5.41, 5.74) is 9.90. The smallest absolute Gasteiger partial charge is 0.0189 e. The Morgan fingerprint density at radius 2 is 1.88 bits per heavy atom. The van der Waals surface area contributed by atoms with Crippen LogP contribution in [0.1, 0.15) is 20.3 Å². The van der Waals surface area contributed by atoms with Crippen LogP contribution >= 0.6 is 0 Å². The maximum absolute atomic E-state index is 5.00. The normalized spacial score (nSPS) is 8.25. The van der Waals surface area contributed by atoms with Crippen molar-refractivity contribution in [2.45, 2.75) is 26.3 Å². The van der Waals surface area contributed by atoms with E-state index in [4.69, 9.17) is 11.5 Å². The molecule has 4 N–H and O–H groups in total. The van der Waals surface area contributed by atoms with E-state index in [1.54, 1.807) is 6.54 Å². The summed E-state index contributed by atoms with van der Waals surface area (Å²) in [5, 5.41) is 0. The minimum absolute atomic E-state index is 0.0833. The summed E-state index contributed by atoms with van der Waals surface area (Å²) in [7, 11) is 0. The highest BCUT2D eigenvalue weighted by Crippen LogP contribution is 1.65. The molecule has 0 aromatic rings. The predicted octanol–water partition coefficient (Wildman–Crippen LogP) is 0.685. The Morgan fingerprint density at radius 1 is 1.75 bits per heavy atom. The molecule has 2 heteroatoms. The van der Waals surface area contributed by atoms with Crippen LogP contribution in [-0.4, -0.2) is 6.04 Å². The van der Waals surface area contributed by atoms with Crippen molar-refractivity contribution >= 4 is 0 Å². The van der Waals surface area contributed by atoms with Crippen LogP contribution in [0.4, 0.5) is 0 Å². The van der Waals surface area contributed by atoms with E-state index in [0.29, 0.717) is 0 Å². The second-order valence-corrected chi connectivity index (χ2v) is 1.62. The highest BCUT2D eigenvalue weighted by molar-refractivity contribution is 4.49. The molecular weight excluding hydrogens is 100 g/mol. The van der Waals surface area contributed by atoms with E-state index in [0.717, 1.165) is 6.42 Å². The van der Waals surface area contributed by atoms with Gasteiger partial charge in [0.25, 0.3) is 0 Å². The zero-order valence-corrected chi connectivity index (χ0v) is 5.72. The van der Waals surface area contributed by atoms with Gasteiger partial charge in [-0.1, -0.05) is 6.92 Å². The van der Waals surface area contributed by atoms with Gasteiger partial charge in [-0.3, -0.25) is 0 Å². The van der Waals surface area contributed by atoms with Gasteiger partial charge in [-0.25, -0.2) is 0 Å². The number of hydrogen-bond donors (Lipinski definition) is 2. The average Bonchev–Trinajstić information content (AvgIpc) is 1.65. The topological polar surface area (TPSA) is 52.0 Å². The Bertz CT molecular complexity index is 23.0. The van der Waals surface area contributed by atoms with Crippen LogP contribution in [0.3, 0.4) is 0 Å². The van der Waals surface area contributed by atoms with Crippen LogP contribution in [-0.2, 0) is 0 Å². The molecule has 0 spiro atoms. The maximum Gasteiger partial charge on any atom is 0.0189 e. The molecule has 0 aliphatic carbocycles.